The Bertz CT molecular complexity index is 447. The van der Waals surface area contributed by atoms with Crippen molar-refractivity contribution in [3.8, 4) is 0 Å². The van der Waals surface area contributed by atoms with Crippen molar-refractivity contribution in [1.29, 1.82) is 0 Å². The number of hydrogen-bond donors (Lipinski definition) is 0. The van der Waals surface area contributed by atoms with Crippen molar-refractivity contribution in [2.75, 3.05) is 5.33 Å². The molecule has 23 heavy (non-hydrogen) atoms. The van der Waals surface area contributed by atoms with Crippen LogP contribution in [-0.2, 0) is 4.79 Å². The molecule has 2 heteroatoms. The summed E-state index contributed by atoms with van der Waals surface area (Å²) in [4.78, 5) is 12.4. The second-order valence-corrected chi connectivity index (χ2v) is 9.85. The van der Waals surface area contributed by atoms with E-state index in [0.717, 1.165) is 41.4 Å². The zero-order valence-electron chi connectivity index (χ0n) is 14.7. The lowest BCUT2D eigenvalue weighted by Crippen LogP contribution is -2.49. The summed E-state index contributed by atoms with van der Waals surface area (Å²) < 4.78 is 0. The fourth-order valence-corrected chi connectivity index (χ4v) is 7.86. The molecule has 4 fully saturated rings. The average molecular weight is 381 g/mol. The van der Waals surface area contributed by atoms with Crippen LogP contribution in [0.25, 0.3) is 0 Å². The fourth-order valence-electron chi connectivity index (χ4n) is 7.45. The van der Waals surface area contributed by atoms with Gasteiger partial charge in [-0.2, -0.15) is 0 Å². The number of Topliss-reactive ketones (excluding diaryl/α,β-unsaturated/α-hetero) is 1. The first-order chi connectivity index (χ1) is 11.2. The molecule has 4 saturated carbocycles. The quantitative estimate of drug-likeness (QED) is 0.548. The van der Waals surface area contributed by atoms with Gasteiger partial charge < -0.3 is 0 Å². The van der Waals surface area contributed by atoms with Crippen LogP contribution in [0.5, 0.6) is 0 Å². The third-order valence-corrected chi connectivity index (χ3v) is 8.87. The molecular weight excluding hydrogens is 348 g/mol. The van der Waals surface area contributed by atoms with Crippen LogP contribution < -0.4 is 0 Å². The maximum atomic E-state index is 12.4. The lowest BCUT2D eigenvalue weighted by Gasteiger charge is -2.56. The van der Waals surface area contributed by atoms with Crippen molar-refractivity contribution in [1.82, 2.24) is 0 Å². The Kier molecular flexibility index (Phi) is 4.92. The van der Waals surface area contributed by atoms with Crippen LogP contribution in [0.1, 0.15) is 71.1 Å². The molecule has 0 amide bonds. The van der Waals surface area contributed by atoms with E-state index < -0.39 is 0 Å². The van der Waals surface area contributed by atoms with Gasteiger partial charge >= 0.3 is 0 Å². The Morgan fingerprint density at radius 2 is 1.48 bits per heavy atom. The van der Waals surface area contributed by atoms with E-state index in [1.165, 1.54) is 64.2 Å². The van der Waals surface area contributed by atoms with E-state index in [4.69, 9.17) is 0 Å². The van der Waals surface area contributed by atoms with Gasteiger partial charge in [0, 0.05) is 5.92 Å². The van der Waals surface area contributed by atoms with Crippen LogP contribution in [0.15, 0.2) is 0 Å². The Morgan fingerprint density at radius 3 is 2.30 bits per heavy atom. The average Bonchev–Trinajstić information content (AvgIpc) is 2.59. The van der Waals surface area contributed by atoms with Gasteiger partial charge in [0.2, 0.25) is 0 Å². The number of rotatable bonds is 2. The van der Waals surface area contributed by atoms with Crippen molar-refractivity contribution < 1.29 is 4.79 Å². The Balaban J connectivity index is 1.51. The predicted molar refractivity (Wildman–Crippen MR) is 98.6 cm³/mol. The molecule has 0 bridgehead atoms. The molecule has 0 radical (unpaired) electrons. The maximum absolute atomic E-state index is 12.4. The highest BCUT2D eigenvalue weighted by Crippen LogP contribution is 2.58. The van der Waals surface area contributed by atoms with Crippen LogP contribution in [0.2, 0.25) is 0 Å². The summed E-state index contributed by atoms with van der Waals surface area (Å²) in [6.45, 7) is 2.47. The van der Waals surface area contributed by atoms with Crippen molar-refractivity contribution in [3.05, 3.63) is 0 Å². The van der Waals surface area contributed by atoms with E-state index in [1.54, 1.807) is 0 Å². The molecule has 4 rings (SSSR count). The van der Waals surface area contributed by atoms with Gasteiger partial charge in [-0.05, 0) is 92.8 Å². The molecular formula is C21H33BrO. The Morgan fingerprint density at radius 1 is 0.826 bits per heavy atom. The number of carbonyl (C=O) groups excluding carboxylic acids is 1. The predicted octanol–water partition coefficient (Wildman–Crippen LogP) is 5.86. The third kappa shape index (κ3) is 2.96. The minimum Gasteiger partial charge on any atom is -0.298 e. The monoisotopic (exact) mass is 380 g/mol. The highest BCUT2D eigenvalue weighted by Gasteiger charge is 2.51. The highest BCUT2D eigenvalue weighted by atomic mass is 79.9. The highest BCUT2D eigenvalue weighted by molar-refractivity contribution is 9.09. The van der Waals surface area contributed by atoms with Crippen molar-refractivity contribution in [3.63, 3.8) is 0 Å². The van der Waals surface area contributed by atoms with E-state index in [0.29, 0.717) is 17.0 Å². The van der Waals surface area contributed by atoms with Gasteiger partial charge in [-0.1, -0.05) is 35.7 Å². The van der Waals surface area contributed by atoms with E-state index in [-0.39, 0.29) is 0 Å². The number of fused-ring (bicyclic) bond motifs is 5. The molecule has 0 saturated heterocycles. The molecule has 0 aromatic heterocycles. The standard InChI is InChI=1S/C21H33BrO/c1-13-5-7-15-14(11-13)6-8-18-16-3-2-4-20(21(23)12-22)19(16)10-9-17(15)18/h13-20H,2-12H2,1H3/t13-,14?,15-,16?,17?,18-,19-,20-/m0/s1. The molecule has 0 heterocycles. The minimum atomic E-state index is 0.387. The first-order valence-electron chi connectivity index (χ1n) is 10.3. The van der Waals surface area contributed by atoms with Gasteiger partial charge in [-0.25, -0.2) is 0 Å². The van der Waals surface area contributed by atoms with Gasteiger partial charge in [0.25, 0.3) is 0 Å². The van der Waals surface area contributed by atoms with Crippen LogP contribution >= 0.6 is 15.9 Å². The molecule has 8 atom stereocenters. The molecule has 130 valence electrons. The minimum absolute atomic E-state index is 0.387. The number of carbonyl (C=O) groups is 1. The topological polar surface area (TPSA) is 17.1 Å². The molecule has 1 nitrogen and oxygen atoms in total. The molecule has 4 aliphatic rings. The van der Waals surface area contributed by atoms with Crippen LogP contribution in [0.4, 0.5) is 0 Å². The zero-order chi connectivity index (χ0) is 16.0. The number of ketones is 1. The van der Waals surface area contributed by atoms with E-state index >= 15 is 0 Å². The molecule has 0 spiro atoms. The second kappa shape index (κ2) is 6.81. The van der Waals surface area contributed by atoms with Crippen molar-refractivity contribution >= 4 is 21.7 Å². The van der Waals surface area contributed by atoms with Gasteiger partial charge in [0.05, 0.1) is 5.33 Å². The summed E-state index contributed by atoms with van der Waals surface area (Å²) >= 11 is 3.44. The molecule has 0 aromatic carbocycles. The smallest absolute Gasteiger partial charge is 0.146 e. The van der Waals surface area contributed by atoms with Gasteiger partial charge in [0.15, 0.2) is 0 Å². The van der Waals surface area contributed by atoms with Crippen LogP contribution in [0.3, 0.4) is 0 Å². The summed E-state index contributed by atoms with van der Waals surface area (Å²) in [6.07, 6.45) is 14.2. The van der Waals surface area contributed by atoms with E-state index in [9.17, 15) is 4.79 Å². The van der Waals surface area contributed by atoms with Crippen LogP contribution in [-0.4, -0.2) is 11.1 Å². The van der Waals surface area contributed by atoms with Gasteiger partial charge in [-0.3, -0.25) is 4.79 Å². The summed E-state index contributed by atoms with van der Waals surface area (Å²) in [6, 6.07) is 0. The summed E-state index contributed by atoms with van der Waals surface area (Å²) in [7, 11) is 0. The summed E-state index contributed by atoms with van der Waals surface area (Å²) in [5.41, 5.74) is 0. The van der Waals surface area contributed by atoms with Crippen molar-refractivity contribution in [2.24, 2.45) is 47.3 Å². The van der Waals surface area contributed by atoms with Gasteiger partial charge in [0.1, 0.15) is 5.78 Å². The third-order valence-electron chi connectivity index (χ3n) is 8.32. The molecule has 0 aromatic rings. The Hall–Kier alpha value is 0.150. The largest absolute Gasteiger partial charge is 0.298 e. The lowest BCUT2D eigenvalue weighted by atomic mass is 9.49. The van der Waals surface area contributed by atoms with E-state index in [1.807, 2.05) is 0 Å². The second-order valence-electron chi connectivity index (χ2n) is 9.29. The SMILES string of the molecule is C[C@H]1CC[C@H]2C(CC[C@@H]3C2CC[C@H]2C3CCC[C@@H]2C(=O)CBr)C1. The molecule has 4 aliphatic carbocycles. The number of alkyl halides is 1. The first kappa shape index (κ1) is 16.6. The lowest BCUT2D eigenvalue weighted by molar-refractivity contribution is -0.128. The maximum Gasteiger partial charge on any atom is 0.146 e. The molecule has 3 unspecified atom stereocenters. The zero-order valence-corrected chi connectivity index (χ0v) is 16.3. The normalized spacial score (nSPS) is 49.7. The Labute approximate surface area is 150 Å². The number of hydrogen-bond acceptors (Lipinski definition) is 1. The van der Waals surface area contributed by atoms with Crippen LogP contribution in [0, 0.1) is 47.3 Å². The molecule has 0 N–H and O–H groups in total. The van der Waals surface area contributed by atoms with E-state index in [2.05, 4.69) is 22.9 Å². The fraction of sp³-hybridized carbons (Fsp3) is 0.952. The van der Waals surface area contributed by atoms with Crippen molar-refractivity contribution in [2.45, 2.75) is 71.1 Å². The molecule has 0 aliphatic heterocycles. The summed E-state index contributed by atoms with van der Waals surface area (Å²) in [5.74, 6) is 7.54. The first-order valence-corrected chi connectivity index (χ1v) is 11.4. The number of halogens is 1. The van der Waals surface area contributed by atoms with Gasteiger partial charge in [-0.15, -0.1) is 0 Å². The summed E-state index contributed by atoms with van der Waals surface area (Å²) in [5, 5.41) is 0.581.